The summed E-state index contributed by atoms with van der Waals surface area (Å²) in [5.41, 5.74) is 1.00. The van der Waals surface area contributed by atoms with E-state index in [0.717, 1.165) is 0 Å². The van der Waals surface area contributed by atoms with Gasteiger partial charge in [-0.15, -0.1) is 0 Å². The SMILES string of the molecule is COC(=O)c1cccc(NS(N)(=O)=O)c1C. The van der Waals surface area contributed by atoms with Crippen molar-refractivity contribution in [2.45, 2.75) is 6.92 Å². The van der Waals surface area contributed by atoms with Gasteiger partial charge in [-0.25, -0.2) is 9.93 Å². The largest absolute Gasteiger partial charge is 0.465 e. The molecule has 1 aromatic rings. The Morgan fingerprint density at radius 2 is 2.06 bits per heavy atom. The summed E-state index contributed by atoms with van der Waals surface area (Å²) >= 11 is 0. The Morgan fingerprint density at radius 1 is 1.44 bits per heavy atom. The van der Waals surface area contributed by atoms with Gasteiger partial charge in [0.15, 0.2) is 0 Å². The second kappa shape index (κ2) is 4.50. The summed E-state index contributed by atoms with van der Waals surface area (Å²) in [6.45, 7) is 1.60. The minimum atomic E-state index is -3.85. The molecule has 88 valence electrons. The Balaban J connectivity index is 3.19. The third-order valence-corrected chi connectivity index (χ3v) is 2.50. The zero-order chi connectivity index (χ0) is 12.3. The van der Waals surface area contributed by atoms with Gasteiger partial charge in [-0.05, 0) is 24.6 Å². The van der Waals surface area contributed by atoms with Crippen molar-refractivity contribution in [3.05, 3.63) is 29.3 Å². The first-order valence-corrected chi connectivity index (χ1v) is 5.88. The minimum absolute atomic E-state index is 0.255. The van der Waals surface area contributed by atoms with E-state index >= 15 is 0 Å². The maximum Gasteiger partial charge on any atom is 0.338 e. The molecule has 0 aliphatic carbocycles. The van der Waals surface area contributed by atoms with Crippen LogP contribution in [-0.2, 0) is 14.9 Å². The highest BCUT2D eigenvalue weighted by Crippen LogP contribution is 2.19. The molecule has 0 amide bonds. The van der Waals surface area contributed by atoms with Crippen LogP contribution in [0.5, 0.6) is 0 Å². The maximum absolute atomic E-state index is 11.3. The number of hydrogen-bond donors (Lipinski definition) is 2. The molecule has 0 aromatic heterocycles. The number of esters is 1. The highest BCUT2D eigenvalue weighted by atomic mass is 32.2. The van der Waals surface area contributed by atoms with Gasteiger partial charge in [0.1, 0.15) is 0 Å². The van der Waals surface area contributed by atoms with Crippen LogP contribution >= 0.6 is 0 Å². The van der Waals surface area contributed by atoms with E-state index < -0.39 is 16.2 Å². The minimum Gasteiger partial charge on any atom is -0.465 e. The van der Waals surface area contributed by atoms with Crippen LogP contribution in [0.4, 0.5) is 5.69 Å². The van der Waals surface area contributed by atoms with Crippen molar-refractivity contribution in [1.82, 2.24) is 0 Å². The molecule has 6 nitrogen and oxygen atoms in total. The summed E-state index contributed by atoms with van der Waals surface area (Å²) in [5, 5.41) is 4.84. The van der Waals surface area contributed by atoms with Crippen LogP contribution in [0.1, 0.15) is 15.9 Å². The van der Waals surface area contributed by atoms with E-state index in [0.29, 0.717) is 5.56 Å². The third kappa shape index (κ3) is 2.94. The third-order valence-electron chi connectivity index (χ3n) is 1.99. The summed E-state index contributed by atoms with van der Waals surface area (Å²) in [7, 11) is -2.60. The van der Waals surface area contributed by atoms with Gasteiger partial charge < -0.3 is 4.74 Å². The van der Waals surface area contributed by atoms with E-state index in [4.69, 9.17) is 5.14 Å². The maximum atomic E-state index is 11.3. The Bertz CT molecular complexity index is 510. The van der Waals surface area contributed by atoms with Gasteiger partial charge in [-0.2, -0.15) is 8.42 Å². The lowest BCUT2D eigenvalue weighted by atomic mass is 10.1. The van der Waals surface area contributed by atoms with Crippen molar-refractivity contribution in [1.29, 1.82) is 0 Å². The molecule has 0 heterocycles. The lowest BCUT2D eigenvalue weighted by Gasteiger charge is -2.10. The van der Waals surface area contributed by atoms with Crippen molar-refractivity contribution >= 4 is 21.9 Å². The van der Waals surface area contributed by atoms with Crippen LogP contribution in [0.3, 0.4) is 0 Å². The molecule has 1 rings (SSSR count). The molecule has 0 saturated carbocycles. The Hall–Kier alpha value is -1.60. The Morgan fingerprint density at radius 3 is 2.56 bits per heavy atom. The van der Waals surface area contributed by atoms with Gasteiger partial charge in [0.2, 0.25) is 0 Å². The molecule has 0 aliphatic rings. The molecular weight excluding hydrogens is 232 g/mol. The highest BCUT2D eigenvalue weighted by Gasteiger charge is 2.13. The zero-order valence-corrected chi connectivity index (χ0v) is 9.67. The van der Waals surface area contributed by atoms with Gasteiger partial charge in [0.05, 0.1) is 18.4 Å². The summed E-state index contributed by atoms with van der Waals surface area (Å²) in [6.07, 6.45) is 0. The number of methoxy groups -OCH3 is 1. The number of rotatable bonds is 3. The normalized spacial score (nSPS) is 10.9. The lowest BCUT2D eigenvalue weighted by molar-refractivity contribution is 0.0600. The molecule has 16 heavy (non-hydrogen) atoms. The van der Waals surface area contributed by atoms with E-state index in [1.54, 1.807) is 6.92 Å². The summed E-state index contributed by atoms with van der Waals surface area (Å²) in [6, 6.07) is 4.58. The summed E-state index contributed by atoms with van der Waals surface area (Å²) < 4.78 is 28.4. The molecule has 0 aliphatic heterocycles. The first kappa shape index (κ1) is 12.5. The average molecular weight is 244 g/mol. The number of carbonyl (C=O) groups excluding carboxylic acids is 1. The molecule has 0 saturated heterocycles. The van der Waals surface area contributed by atoms with Gasteiger partial charge in [0.25, 0.3) is 10.2 Å². The first-order chi connectivity index (χ1) is 7.35. The van der Waals surface area contributed by atoms with E-state index in [1.165, 1.54) is 25.3 Å². The number of anilines is 1. The van der Waals surface area contributed by atoms with Crippen LogP contribution in [0.2, 0.25) is 0 Å². The van der Waals surface area contributed by atoms with Gasteiger partial charge in [-0.3, -0.25) is 4.72 Å². The molecule has 0 radical (unpaired) electrons. The highest BCUT2D eigenvalue weighted by molar-refractivity contribution is 7.90. The fourth-order valence-corrected chi connectivity index (χ4v) is 1.76. The number of nitrogens with one attached hydrogen (secondary N) is 1. The van der Waals surface area contributed by atoms with Gasteiger partial charge >= 0.3 is 5.97 Å². The van der Waals surface area contributed by atoms with Crippen LogP contribution in [0.25, 0.3) is 0 Å². The van der Waals surface area contributed by atoms with Gasteiger partial charge in [0, 0.05) is 0 Å². The molecule has 0 atom stereocenters. The van der Waals surface area contributed by atoms with Gasteiger partial charge in [-0.1, -0.05) is 6.07 Å². The van der Waals surface area contributed by atoms with Crippen LogP contribution in [-0.4, -0.2) is 21.5 Å². The molecule has 0 unspecified atom stereocenters. The standard InChI is InChI=1S/C9H12N2O4S/c1-6-7(9(12)15-2)4-3-5-8(6)11-16(10,13)14/h3-5,11H,1-2H3,(H2,10,13,14). The van der Waals surface area contributed by atoms with Crippen molar-refractivity contribution in [2.75, 3.05) is 11.8 Å². The number of nitrogens with two attached hydrogens (primary N) is 1. The number of carbonyl (C=O) groups is 1. The fourth-order valence-electron chi connectivity index (χ4n) is 1.23. The van der Waals surface area contributed by atoms with Crippen molar-refractivity contribution < 1.29 is 17.9 Å². The molecule has 3 N–H and O–H groups in total. The van der Waals surface area contributed by atoms with Crippen molar-refractivity contribution in [3.63, 3.8) is 0 Å². The molecular formula is C9H12N2O4S. The van der Waals surface area contributed by atoms with Crippen LogP contribution in [0, 0.1) is 6.92 Å². The zero-order valence-electron chi connectivity index (χ0n) is 8.85. The number of hydrogen-bond acceptors (Lipinski definition) is 4. The number of benzene rings is 1. The van der Waals surface area contributed by atoms with E-state index in [1.807, 2.05) is 0 Å². The first-order valence-electron chi connectivity index (χ1n) is 4.33. The molecule has 1 aromatic carbocycles. The lowest BCUT2D eigenvalue weighted by Crippen LogP contribution is -2.22. The molecule has 0 bridgehead atoms. The topological polar surface area (TPSA) is 98.5 Å². The quantitative estimate of drug-likeness (QED) is 0.752. The van der Waals surface area contributed by atoms with Crippen molar-refractivity contribution in [3.8, 4) is 0 Å². The summed E-state index contributed by atoms with van der Waals surface area (Å²) in [4.78, 5) is 11.3. The molecule has 0 fully saturated rings. The predicted octanol–water partition coefficient (Wildman–Crippen LogP) is 0.397. The van der Waals surface area contributed by atoms with E-state index in [-0.39, 0.29) is 11.3 Å². The molecule has 7 heteroatoms. The van der Waals surface area contributed by atoms with Crippen LogP contribution < -0.4 is 9.86 Å². The van der Waals surface area contributed by atoms with Crippen LogP contribution in [0.15, 0.2) is 18.2 Å². The monoisotopic (exact) mass is 244 g/mol. The average Bonchev–Trinajstić information content (AvgIpc) is 2.18. The molecule has 0 spiro atoms. The van der Waals surface area contributed by atoms with Crippen molar-refractivity contribution in [2.24, 2.45) is 5.14 Å². The Kier molecular flexibility index (Phi) is 3.51. The smallest absolute Gasteiger partial charge is 0.338 e. The van der Waals surface area contributed by atoms with E-state index in [9.17, 15) is 13.2 Å². The second-order valence-electron chi connectivity index (χ2n) is 3.12. The predicted molar refractivity (Wildman–Crippen MR) is 59.2 cm³/mol. The van der Waals surface area contributed by atoms with E-state index in [2.05, 4.69) is 9.46 Å². The summed E-state index contributed by atoms with van der Waals surface area (Å²) in [5.74, 6) is -0.532. The number of ether oxygens (including phenoxy) is 1. The fraction of sp³-hybridized carbons (Fsp3) is 0.222. The second-order valence-corrected chi connectivity index (χ2v) is 4.41. The Labute approximate surface area is 93.6 Å².